The van der Waals surface area contributed by atoms with Crippen molar-refractivity contribution in [3.63, 3.8) is 0 Å². The molecule has 7 heteroatoms. The molecule has 1 aliphatic heterocycles. The van der Waals surface area contributed by atoms with Gasteiger partial charge in [0.25, 0.3) is 0 Å². The van der Waals surface area contributed by atoms with Gasteiger partial charge in [-0.3, -0.25) is 9.88 Å². The summed E-state index contributed by atoms with van der Waals surface area (Å²) in [6, 6.07) is 5.43. The molecule has 0 radical (unpaired) electrons. The molecular formula is C19H24ClN3O3. The van der Waals surface area contributed by atoms with Crippen LogP contribution in [-0.4, -0.2) is 57.8 Å². The number of carbonyl (C=O) groups is 1. The molecule has 1 aliphatic rings. The van der Waals surface area contributed by atoms with Crippen molar-refractivity contribution >= 4 is 28.6 Å². The van der Waals surface area contributed by atoms with Crippen LogP contribution in [0.1, 0.15) is 26.3 Å². The number of fused-ring (bicyclic) bond motifs is 1. The van der Waals surface area contributed by atoms with E-state index >= 15 is 0 Å². The van der Waals surface area contributed by atoms with Crippen LogP contribution in [0.15, 0.2) is 24.4 Å². The average molecular weight is 378 g/mol. The Balaban J connectivity index is 1.66. The summed E-state index contributed by atoms with van der Waals surface area (Å²) >= 11 is 6.34. The molecule has 1 saturated heterocycles. The Morgan fingerprint density at radius 2 is 2.00 bits per heavy atom. The lowest BCUT2D eigenvalue weighted by molar-refractivity contribution is 0.0138. The van der Waals surface area contributed by atoms with Crippen LogP contribution < -0.4 is 0 Å². The minimum absolute atomic E-state index is 0.166. The van der Waals surface area contributed by atoms with Crippen molar-refractivity contribution in [1.82, 2.24) is 14.8 Å². The van der Waals surface area contributed by atoms with Gasteiger partial charge in [-0.2, -0.15) is 0 Å². The van der Waals surface area contributed by atoms with E-state index in [1.54, 1.807) is 23.2 Å². The van der Waals surface area contributed by atoms with E-state index < -0.39 is 5.60 Å². The van der Waals surface area contributed by atoms with E-state index in [4.69, 9.17) is 16.3 Å². The molecule has 1 aromatic carbocycles. The maximum absolute atomic E-state index is 12.1. The van der Waals surface area contributed by atoms with Crippen molar-refractivity contribution in [1.29, 1.82) is 0 Å². The zero-order valence-electron chi connectivity index (χ0n) is 15.3. The maximum atomic E-state index is 12.1. The van der Waals surface area contributed by atoms with Crippen molar-refractivity contribution in [2.75, 3.05) is 26.2 Å². The molecule has 3 rings (SSSR count). The molecule has 0 saturated carbocycles. The molecule has 0 atom stereocenters. The number of hydrogen-bond donors (Lipinski definition) is 1. The minimum Gasteiger partial charge on any atom is -0.505 e. The van der Waals surface area contributed by atoms with Gasteiger partial charge in [0, 0.05) is 49.9 Å². The number of carbonyl (C=O) groups excluding carboxylic acids is 1. The number of nitrogens with zero attached hydrogens (tertiary/aromatic N) is 3. The lowest BCUT2D eigenvalue weighted by atomic mass is 10.1. The SMILES string of the molecule is CC(C)(C)OC(=O)N1CCN(Cc2cc(Cl)c3cccnc3c2O)CC1. The first-order valence-electron chi connectivity index (χ1n) is 8.70. The Morgan fingerprint density at radius 1 is 1.31 bits per heavy atom. The van der Waals surface area contributed by atoms with E-state index in [1.165, 1.54) is 0 Å². The molecule has 1 fully saturated rings. The summed E-state index contributed by atoms with van der Waals surface area (Å²) in [6.45, 7) is 8.74. The Labute approximate surface area is 158 Å². The third kappa shape index (κ3) is 4.19. The van der Waals surface area contributed by atoms with Gasteiger partial charge in [-0.25, -0.2) is 4.79 Å². The van der Waals surface area contributed by atoms with E-state index in [0.717, 1.165) is 10.9 Å². The zero-order chi connectivity index (χ0) is 18.9. The molecule has 0 bridgehead atoms. The van der Waals surface area contributed by atoms with Crippen molar-refractivity contribution in [3.8, 4) is 5.75 Å². The van der Waals surface area contributed by atoms with Gasteiger partial charge in [0.1, 0.15) is 16.9 Å². The fourth-order valence-electron chi connectivity index (χ4n) is 3.01. The van der Waals surface area contributed by atoms with Crippen LogP contribution in [0.4, 0.5) is 4.79 Å². The zero-order valence-corrected chi connectivity index (χ0v) is 16.1. The maximum Gasteiger partial charge on any atom is 0.410 e. The number of rotatable bonds is 2. The van der Waals surface area contributed by atoms with Gasteiger partial charge in [-0.05, 0) is 39.0 Å². The Hall–Kier alpha value is -2.05. The average Bonchev–Trinajstić information content (AvgIpc) is 2.58. The fraction of sp³-hybridized carbons (Fsp3) is 0.474. The number of aromatic hydroxyl groups is 1. The van der Waals surface area contributed by atoms with Crippen LogP contribution in [0.25, 0.3) is 10.9 Å². The molecule has 1 aromatic heterocycles. The van der Waals surface area contributed by atoms with E-state index in [1.807, 2.05) is 26.8 Å². The van der Waals surface area contributed by atoms with Crippen LogP contribution in [0.5, 0.6) is 5.75 Å². The standard InChI is InChI=1S/C19H24ClN3O3/c1-19(2,3)26-18(25)23-9-7-22(8-10-23)12-13-11-15(20)14-5-4-6-21-16(14)17(13)24/h4-6,11,24H,7-10,12H2,1-3H3. The van der Waals surface area contributed by atoms with Crippen LogP contribution in [0.3, 0.4) is 0 Å². The molecule has 0 aliphatic carbocycles. The van der Waals surface area contributed by atoms with E-state index in [0.29, 0.717) is 43.3 Å². The third-order valence-electron chi connectivity index (χ3n) is 4.31. The highest BCUT2D eigenvalue weighted by atomic mass is 35.5. The number of amides is 1. The summed E-state index contributed by atoms with van der Waals surface area (Å²) in [5.41, 5.74) is 0.767. The summed E-state index contributed by atoms with van der Waals surface area (Å²) in [4.78, 5) is 20.3. The van der Waals surface area contributed by atoms with Crippen LogP contribution >= 0.6 is 11.6 Å². The first-order chi connectivity index (χ1) is 12.2. The van der Waals surface area contributed by atoms with Crippen LogP contribution in [0.2, 0.25) is 5.02 Å². The molecule has 1 N–H and O–H groups in total. The minimum atomic E-state index is -0.491. The number of benzene rings is 1. The largest absolute Gasteiger partial charge is 0.505 e. The summed E-state index contributed by atoms with van der Waals surface area (Å²) < 4.78 is 5.42. The molecule has 140 valence electrons. The molecule has 26 heavy (non-hydrogen) atoms. The first-order valence-corrected chi connectivity index (χ1v) is 9.08. The number of hydrogen-bond acceptors (Lipinski definition) is 5. The number of phenols is 1. The quantitative estimate of drug-likeness (QED) is 0.865. The van der Waals surface area contributed by atoms with Gasteiger partial charge in [0.05, 0.1) is 5.02 Å². The molecule has 1 amide bonds. The van der Waals surface area contributed by atoms with Crippen molar-refractivity contribution in [2.45, 2.75) is 32.9 Å². The molecule has 2 aromatic rings. The monoisotopic (exact) mass is 377 g/mol. The highest BCUT2D eigenvalue weighted by Gasteiger charge is 2.26. The molecule has 0 spiro atoms. The van der Waals surface area contributed by atoms with Gasteiger partial charge in [0.15, 0.2) is 0 Å². The highest BCUT2D eigenvalue weighted by molar-refractivity contribution is 6.35. The van der Waals surface area contributed by atoms with Crippen LogP contribution in [-0.2, 0) is 11.3 Å². The highest BCUT2D eigenvalue weighted by Crippen LogP contribution is 2.33. The smallest absolute Gasteiger partial charge is 0.410 e. The molecular weight excluding hydrogens is 354 g/mol. The second kappa shape index (κ2) is 7.29. The van der Waals surface area contributed by atoms with Gasteiger partial charge in [-0.15, -0.1) is 0 Å². The summed E-state index contributed by atoms with van der Waals surface area (Å²) in [6.07, 6.45) is 1.36. The van der Waals surface area contributed by atoms with Crippen LogP contribution in [0, 0.1) is 0 Å². The number of pyridine rings is 1. The fourth-order valence-corrected chi connectivity index (χ4v) is 3.30. The second-order valence-corrected chi connectivity index (χ2v) is 7.92. The predicted molar refractivity (Wildman–Crippen MR) is 102 cm³/mol. The Morgan fingerprint density at radius 3 is 2.65 bits per heavy atom. The van der Waals surface area contributed by atoms with Gasteiger partial charge >= 0.3 is 6.09 Å². The van der Waals surface area contributed by atoms with E-state index in [2.05, 4.69) is 9.88 Å². The second-order valence-electron chi connectivity index (χ2n) is 7.51. The molecule has 2 heterocycles. The van der Waals surface area contributed by atoms with Gasteiger partial charge in [0.2, 0.25) is 0 Å². The summed E-state index contributed by atoms with van der Waals surface area (Å²) in [7, 11) is 0. The van der Waals surface area contributed by atoms with E-state index in [9.17, 15) is 9.90 Å². The normalized spacial score (nSPS) is 16.1. The summed E-state index contributed by atoms with van der Waals surface area (Å²) in [5, 5.41) is 11.9. The molecule has 0 unspecified atom stereocenters. The third-order valence-corrected chi connectivity index (χ3v) is 4.63. The number of piperazine rings is 1. The first kappa shape index (κ1) is 18.7. The number of phenolic OH excluding ortho intramolecular Hbond substituents is 1. The summed E-state index contributed by atoms with van der Waals surface area (Å²) in [5.74, 6) is 0.166. The number of aromatic nitrogens is 1. The van der Waals surface area contributed by atoms with Crippen molar-refractivity contribution < 1.29 is 14.6 Å². The topological polar surface area (TPSA) is 65.9 Å². The van der Waals surface area contributed by atoms with E-state index in [-0.39, 0.29) is 11.8 Å². The lowest BCUT2D eigenvalue weighted by Gasteiger charge is -2.35. The predicted octanol–water partition coefficient (Wildman–Crippen LogP) is 3.65. The van der Waals surface area contributed by atoms with Gasteiger partial charge in [-0.1, -0.05) is 11.6 Å². The number of halogens is 1. The van der Waals surface area contributed by atoms with Crippen molar-refractivity contribution in [2.24, 2.45) is 0 Å². The van der Waals surface area contributed by atoms with Crippen molar-refractivity contribution in [3.05, 3.63) is 35.0 Å². The number of ether oxygens (including phenoxy) is 1. The molecule has 6 nitrogen and oxygen atoms in total. The Kier molecular flexibility index (Phi) is 5.25. The Bertz CT molecular complexity index is 812. The lowest BCUT2D eigenvalue weighted by Crippen LogP contribution is -2.49. The van der Waals surface area contributed by atoms with Gasteiger partial charge < -0.3 is 14.7 Å².